The first-order valence-corrected chi connectivity index (χ1v) is 4.83. The van der Waals surface area contributed by atoms with E-state index in [2.05, 4.69) is 4.98 Å². The summed E-state index contributed by atoms with van der Waals surface area (Å²) < 4.78 is 5.43. The van der Waals surface area contributed by atoms with Crippen molar-refractivity contribution >= 4 is 11.5 Å². The predicted molar refractivity (Wildman–Crippen MR) is 53.7 cm³/mol. The van der Waals surface area contributed by atoms with Crippen LogP contribution in [0.25, 0.3) is 5.57 Å². The van der Waals surface area contributed by atoms with Gasteiger partial charge < -0.3 is 10.5 Å². The molecule has 1 unspecified atom stereocenters. The van der Waals surface area contributed by atoms with Crippen LogP contribution in [0, 0.1) is 0 Å². The van der Waals surface area contributed by atoms with E-state index in [4.69, 9.17) is 10.5 Å². The Morgan fingerprint density at radius 1 is 1.60 bits per heavy atom. The van der Waals surface area contributed by atoms with Gasteiger partial charge in [-0.05, 0) is 6.07 Å². The van der Waals surface area contributed by atoms with Gasteiger partial charge in [-0.2, -0.15) is 0 Å². The van der Waals surface area contributed by atoms with E-state index in [9.17, 15) is 4.79 Å². The van der Waals surface area contributed by atoms with E-state index in [-0.39, 0.29) is 5.60 Å². The number of aromatic nitrogens is 1. The second-order valence-electron chi connectivity index (χ2n) is 3.87. The summed E-state index contributed by atoms with van der Waals surface area (Å²) in [7, 11) is 0. The summed E-state index contributed by atoms with van der Waals surface area (Å²) >= 11 is 0. The lowest BCUT2D eigenvalue weighted by Gasteiger charge is -2.19. The Labute approximate surface area is 86.8 Å². The first kappa shape index (κ1) is 8.61. The minimum Gasteiger partial charge on any atom is -0.366 e. The monoisotopic (exact) mass is 202 g/mol. The molecule has 1 aromatic rings. The lowest BCUT2D eigenvalue weighted by atomic mass is 9.87. The molecule has 4 nitrogen and oxygen atoms in total. The van der Waals surface area contributed by atoms with Crippen LogP contribution in [0.3, 0.4) is 0 Å². The molecule has 1 aliphatic carbocycles. The number of nitrogens with two attached hydrogens (primary N) is 1. The highest BCUT2D eigenvalue weighted by Gasteiger charge is 2.50. The highest BCUT2D eigenvalue weighted by molar-refractivity contribution is 6.19. The molecule has 1 spiro atoms. The Morgan fingerprint density at radius 3 is 3.07 bits per heavy atom. The first-order chi connectivity index (χ1) is 7.23. The molecule has 1 aliphatic heterocycles. The molecule has 4 heteroatoms. The maximum Gasteiger partial charge on any atom is 0.249 e. The van der Waals surface area contributed by atoms with E-state index in [1.165, 1.54) is 0 Å². The van der Waals surface area contributed by atoms with E-state index in [0.29, 0.717) is 18.6 Å². The van der Waals surface area contributed by atoms with Crippen molar-refractivity contribution in [2.45, 2.75) is 12.0 Å². The van der Waals surface area contributed by atoms with Crippen LogP contribution in [-0.4, -0.2) is 17.5 Å². The standard InChI is InChI=1S/C11H10N2O2/c12-10(14)8-3-4-11(6-15-11)9-7(8)2-1-5-13-9/h1-3,5H,4,6H2,(H2,12,14). The van der Waals surface area contributed by atoms with Gasteiger partial charge in [0.1, 0.15) is 5.60 Å². The zero-order chi connectivity index (χ0) is 10.5. The molecule has 0 bridgehead atoms. The van der Waals surface area contributed by atoms with Crippen LogP contribution in [0.15, 0.2) is 24.4 Å². The van der Waals surface area contributed by atoms with Crippen molar-refractivity contribution in [1.82, 2.24) is 4.98 Å². The number of nitrogens with zero attached hydrogens (tertiary/aromatic N) is 1. The van der Waals surface area contributed by atoms with Crippen LogP contribution in [-0.2, 0) is 15.1 Å². The molecule has 15 heavy (non-hydrogen) atoms. The summed E-state index contributed by atoms with van der Waals surface area (Å²) in [6.07, 6.45) is 4.25. The molecular weight excluding hydrogens is 192 g/mol. The van der Waals surface area contributed by atoms with E-state index in [1.54, 1.807) is 12.3 Å². The smallest absolute Gasteiger partial charge is 0.249 e. The molecule has 1 saturated heterocycles. The number of carbonyl (C=O) groups is 1. The molecular formula is C11H10N2O2. The fourth-order valence-electron chi connectivity index (χ4n) is 2.03. The van der Waals surface area contributed by atoms with E-state index in [0.717, 1.165) is 11.3 Å². The third kappa shape index (κ3) is 1.11. The fourth-order valence-corrected chi connectivity index (χ4v) is 2.03. The molecule has 2 heterocycles. The molecule has 0 saturated carbocycles. The van der Waals surface area contributed by atoms with Crippen molar-refractivity contribution in [3.05, 3.63) is 35.7 Å². The van der Waals surface area contributed by atoms with Gasteiger partial charge >= 0.3 is 0 Å². The average molecular weight is 202 g/mol. The number of pyridine rings is 1. The van der Waals surface area contributed by atoms with Crippen LogP contribution in [0.2, 0.25) is 0 Å². The van der Waals surface area contributed by atoms with E-state index in [1.807, 2.05) is 12.1 Å². The van der Waals surface area contributed by atoms with Gasteiger partial charge in [0.15, 0.2) is 0 Å². The third-order valence-electron chi connectivity index (χ3n) is 2.92. The maximum absolute atomic E-state index is 11.2. The quantitative estimate of drug-likeness (QED) is 0.677. The van der Waals surface area contributed by atoms with Crippen LogP contribution < -0.4 is 5.73 Å². The molecule has 1 aromatic heterocycles. The Balaban J connectivity index is 2.19. The lowest BCUT2D eigenvalue weighted by molar-refractivity contribution is -0.112. The van der Waals surface area contributed by atoms with Gasteiger partial charge in [0.25, 0.3) is 0 Å². The molecule has 0 aromatic carbocycles. The highest BCUT2D eigenvalue weighted by atomic mass is 16.6. The van der Waals surface area contributed by atoms with Crippen molar-refractivity contribution in [2.24, 2.45) is 5.73 Å². The van der Waals surface area contributed by atoms with Crippen molar-refractivity contribution in [1.29, 1.82) is 0 Å². The van der Waals surface area contributed by atoms with Gasteiger partial charge in [0.2, 0.25) is 5.91 Å². The van der Waals surface area contributed by atoms with Crippen LogP contribution in [0.4, 0.5) is 0 Å². The molecule has 2 N–H and O–H groups in total. The maximum atomic E-state index is 11.2. The summed E-state index contributed by atoms with van der Waals surface area (Å²) in [4.78, 5) is 15.5. The number of epoxide rings is 1. The van der Waals surface area contributed by atoms with Crippen LogP contribution in [0.1, 0.15) is 17.7 Å². The zero-order valence-corrected chi connectivity index (χ0v) is 8.06. The molecule has 3 rings (SSSR count). The number of rotatable bonds is 1. The van der Waals surface area contributed by atoms with Crippen molar-refractivity contribution in [3.8, 4) is 0 Å². The number of carbonyl (C=O) groups excluding carboxylic acids is 1. The SMILES string of the molecule is NC(=O)C1=CCC2(CO2)c2ncccc21. The van der Waals surface area contributed by atoms with Crippen molar-refractivity contribution in [3.63, 3.8) is 0 Å². The van der Waals surface area contributed by atoms with Gasteiger partial charge in [-0.1, -0.05) is 12.1 Å². The molecule has 1 amide bonds. The van der Waals surface area contributed by atoms with Gasteiger partial charge in [-0.25, -0.2) is 0 Å². The summed E-state index contributed by atoms with van der Waals surface area (Å²) in [5.74, 6) is -0.403. The number of amides is 1. The summed E-state index contributed by atoms with van der Waals surface area (Å²) in [5, 5.41) is 0. The second kappa shape index (κ2) is 2.67. The summed E-state index contributed by atoms with van der Waals surface area (Å²) in [6.45, 7) is 0.680. The molecule has 76 valence electrons. The topological polar surface area (TPSA) is 68.5 Å². The van der Waals surface area contributed by atoms with E-state index < -0.39 is 5.91 Å². The Kier molecular flexibility index (Phi) is 1.53. The minimum absolute atomic E-state index is 0.268. The lowest BCUT2D eigenvalue weighted by Crippen LogP contribution is -2.22. The van der Waals surface area contributed by atoms with Crippen molar-refractivity contribution in [2.75, 3.05) is 6.61 Å². The van der Waals surface area contributed by atoms with Crippen molar-refractivity contribution < 1.29 is 9.53 Å². The van der Waals surface area contributed by atoms with Gasteiger partial charge in [0, 0.05) is 23.8 Å². The number of primary amides is 1. The van der Waals surface area contributed by atoms with E-state index >= 15 is 0 Å². The number of hydrogen-bond acceptors (Lipinski definition) is 3. The number of ether oxygens (including phenoxy) is 1. The Bertz CT molecular complexity index is 475. The van der Waals surface area contributed by atoms with Gasteiger partial charge in [0.05, 0.1) is 12.3 Å². The first-order valence-electron chi connectivity index (χ1n) is 4.83. The molecule has 0 radical (unpaired) electrons. The summed E-state index contributed by atoms with van der Waals surface area (Å²) in [5.41, 5.74) is 7.26. The van der Waals surface area contributed by atoms with Crippen LogP contribution in [0.5, 0.6) is 0 Å². The van der Waals surface area contributed by atoms with Gasteiger partial charge in [-0.3, -0.25) is 9.78 Å². The zero-order valence-electron chi connectivity index (χ0n) is 8.06. The highest BCUT2D eigenvalue weighted by Crippen LogP contribution is 2.47. The number of fused-ring (bicyclic) bond motifs is 2. The second-order valence-corrected chi connectivity index (χ2v) is 3.87. The fraction of sp³-hybridized carbons (Fsp3) is 0.273. The third-order valence-corrected chi connectivity index (χ3v) is 2.92. The average Bonchev–Trinajstić information content (AvgIpc) is 2.99. The Morgan fingerprint density at radius 2 is 2.40 bits per heavy atom. The number of hydrogen-bond donors (Lipinski definition) is 1. The summed E-state index contributed by atoms with van der Waals surface area (Å²) in [6, 6.07) is 3.67. The molecule has 1 fully saturated rings. The molecule has 2 aliphatic rings. The van der Waals surface area contributed by atoms with Crippen LogP contribution >= 0.6 is 0 Å². The van der Waals surface area contributed by atoms with Gasteiger partial charge in [-0.15, -0.1) is 0 Å². The largest absolute Gasteiger partial charge is 0.366 e. The minimum atomic E-state index is -0.403. The normalized spacial score (nSPS) is 27.1. The predicted octanol–water partition coefficient (Wildman–Crippen LogP) is 0.579. The Hall–Kier alpha value is -1.68. The molecule has 1 atom stereocenters.